The Morgan fingerprint density at radius 3 is 2.77 bits per heavy atom. The zero-order valence-corrected chi connectivity index (χ0v) is 16.9. The third kappa shape index (κ3) is 4.40. The van der Waals surface area contributed by atoms with Gasteiger partial charge in [-0.05, 0) is 48.7 Å². The number of hydrogen-bond donors (Lipinski definition) is 2. The number of aromatic amines is 1. The van der Waals surface area contributed by atoms with E-state index in [-0.39, 0.29) is 0 Å². The van der Waals surface area contributed by atoms with Crippen LogP contribution in [0.4, 0.5) is 0 Å². The molecule has 1 heterocycles. The van der Waals surface area contributed by atoms with Crippen LogP contribution in [0.15, 0.2) is 47.1 Å². The highest BCUT2D eigenvalue weighted by molar-refractivity contribution is 9.10. The Morgan fingerprint density at radius 1 is 1.12 bits per heavy atom. The van der Waals surface area contributed by atoms with Crippen molar-refractivity contribution in [3.05, 3.63) is 58.2 Å². The molecule has 1 aromatic heterocycles. The van der Waals surface area contributed by atoms with Gasteiger partial charge in [0, 0.05) is 28.1 Å². The van der Waals surface area contributed by atoms with Crippen LogP contribution < -0.4 is 14.8 Å². The van der Waals surface area contributed by atoms with Crippen molar-refractivity contribution in [2.24, 2.45) is 0 Å². The van der Waals surface area contributed by atoms with Crippen molar-refractivity contribution in [3.63, 3.8) is 0 Å². The quantitative estimate of drug-likeness (QED) is 0.479. The minimum absolute atomic E-state index is 0.686. The number of rotatable bonds is 9. The molecule has 3 rings (SSSR count). The maximum atomic E-state index is 5.75. The highest BCUT2D eigenvalue weighted by atomic mass is 79.9. The van der Waals surface area contributed by atoms with Crippen LogP contribution in [-0.4, -0.2) is 25.2 Å². The van der Waals surface area contributed by atoms with Gasteiger partial charge in [0.25, 0.3) is 0 Å². The predicted octanol–water partition coefficient (Wildman–Crippen LogP) is 5.06. The van der Waals surface area contributed by atoms with Crippen LogP contribution in [0.1, 0.15) is 24.5 Å². The summed E-state index contributed by atoms with van der Waals surface area (Å²) in [5.74, 6) is 1.55. The van der Waals surface area contributed by atoms with Gasteiger partial charge in [0.05, 0.1) is 13.7 Å². The summed E-state index contributed by atoms with van der Waals surface area (Å²) >= 11 is 3.65. The van der Waals surface area contributed by atoms with Gasteiger partial charge >= 0.3 is 0 Å². The molecule has 0 bridgehead atoms. The number of ether oxygens (including phenoxy) is 2. The molecule has 3 aromatic rings. The van der Waals surface area contributed by atoms with Crippen LogP contribution in [0.25, 0.3) is 10.9 Å². The highest BCUT2D eigenvalue weighted by Gasteiger charge is 2.10. The van der Waals surface area contributed by atoms with E-state index in [9.17, 15) is 0 Å². The molecule has 2 N–H and O–H groups in total. The van der Waals surface area contributed by atoms with E-state index >= 15 is 0 Å². The second kappa shape index (κ2) is 9.10. The molecular weight excluding hydrogens is 392 g/mol. The van der Waals surface area contributed by atoms with Gasteiger partial charge in [-0.2, -0.15) is 0 Å². The molecule has 0 aliphatic rings. The van der Waals surface area contributed by atoms with Gasteiger partial charge in [0.2, 0.25) is 0 Å². The van der Waals surface area contributed by atoms with Crippen molar-refractivity contribution in [1.82, 2.24) is 10.3 Å². The number of benzene rings is 2. The van der Waals surface area contributed by atoms with Crippen molar-refractivity contribution < 1.29 is 9.47 Å². The maximum absolute atomic E-state index is 5.75. The first-order valence-electron chi connectivity index (χ1n) is 8.97. The minimum Gasteiger partial charge on any atom is -0.493 e. The number of halogens is 1. The van der Waals surface area contributed by atoms with E-state index < -0.39 is 0 Å². The first-order chi connectivity index (χ1) is 12.7. The summed E-state index contributed by atoms with van der Waals surface area (Å²) in [5, 5.41) is 4.82. The molecular formula is C21H25BrN2O2. The molecule has 0 saturated carbocycles. The Hall–Kier alpha value is -1.98. The molecule has 26 heavy (non-hydrogen) atoms. The molecule has 0 spiro atoms. The van der Waals surface area contributed by atoms with E-state index in [0.717, 1.165) is 47.5 Å². The molecule has 0 atom stereocenters. The van der Waals surface area contributed by atoms with Gasteiger partial charge in [-0.15, -0.1) is 0 Å². The molecule has 0 aliphatic heterocycles. The van der Waals surface area contributed by atoms with Gasteiger partial charge in [-0.1, -0.05) is 41.1 Å². The monoisotopic (exact) mass is 416 g/mol. The lowest BCUT2D eigenvalue weighted by Crippen LogP contribution is -2.17. The third-order valence-electron chi connectivity index (χ3n) is 4.36. The Morgan fingerprint density at radius 2 is 1.96 bits per heavy atom. The smallest absolute Gasteiger partial charge is 0.162 e. The number of para-hydroxylation sites is 1. The fourth-order valence-electron chi connectivity index (χ4n) is 2.98. The zero-order chi connectivity index (χ0) is 18.4. The Balaban J connectivity index is 1.59. The van der Waals surface area contributed by atoms with E-state index in [4.69, 9.17) is 9.47 Å². The summed E-state index contributed by atoms with van der Waals surface area (Å²) < 4.78 is 12.3. The van der Waals surface area contributed by atoms with Gasteiger partial charge in [0.1, 0.15) is 0 Å². The summed E-state index contributed by atoms with van der Waals surface area (Å²) in [5.41, 5.74) is 3.69. The van der Waals surface area contributed by atoms with Gasteiger partial charge in [-0.3, -0.25) is 0 Å². The van der Waals surface area contributed by atoms with Crippen molar-refractivity contribution in [1.29, 1.82) is 0 Å². The second-order valence-electron chi connectivity index (χ2n) is 6.23. The van der Waals surface area contributed by atoms with Crippen LogP contribution >= 0.6 is 15.9 Å². The van der Waals surface area contributed by atoms with Crippen LogP contribution in [-0.2, 0) is 13.0 Å². The van der Waals surface area contributed by atoms with E-state index in [1.54, 1.807) is 7.11 Å². The molecule has 0 fully saturated rings. The number of methoxy groups -OCH3 is 1. The zero-order valence-electron chi connectivity index (χ0n) is 15.3. The highest BCUT2D eigenvalue weighted by Crippen LogP contribution is 2.33. The van der Waals surface area contributed by atoms with Crippen LogP contribution in [0, 0.1) is 0 Å². The normalized spacial score (nSPS) is 11.0. The number of H-pyrrole nitrogens is 1. The van der Waals surface area contributed by atoms with E-state index in [1.165, 1.54) is 16.5 Å². The molecule has 0 amide bonds. The summed E-state index contributed by atoms with van der Waals surface area (Å²) in [6, 6.07) is 12.4. The summed E-state index contributed by atoms with van der Waals surface area (Å²) in [7, 11) is 1.68. The fourth-order valence-corrected chi connectivity index (χ4v) is 3.44. The van der Waals surface area contributed by atoms with E-state index in [1.807, 2.05) is 12.1 Å². The molecule has 138 valence electrons. The molecule has 0 radical (unpaired) electrons. The third-order valence-corrected chi connectivity index (χ3v) is 5.09. The summed E-state index contributed by atoms with van der Waals surface area (Å²) in [6.07, 6.45) is 4.06. The molecule has 2 aromatic carbocycles. The molecule has 0 aliphatic carbocycles. The second-order valence-corrected chi connectivity index (χ2v) is 7.08. The van der Waals surface area contributed by atoms with Crippen LogP contribution in [0.5, 0.6) is 11.5 Å². The SMILES string of the molecule is CCCOc1cc(Br)c(CNCCc2c[nH]c3ccccc23)cc1OC. The lowest BCUT2D eigenvalue weighted by Gasteiger charge is -2.14. The molecule has 5 heteroatoms. The Kier molecular flexibility index (Phi) is 6.58. The van der Waals surface area contributed by atoms with Crippen LogP contribution in [0.3, 0.4) is 0 Å². The van der Waals surface area contributed by atoms with Gasteiger partial charge < -0.3 is 19.8 Å². The molecule has 0 saturated heterocycles. The van der Waals surface area contributed by atoms with E-state index in [0.29, 0.717) is 6.61 Å². The predicted molar refractivity (Wildman–Crippen MR) is 110 cm³/mol. The number of nitrogens with one attached hydrogen (secondary N) is 2. The Bertz CT molecular complexity index is 860. The Labute approximate surface area is 163 Å². The number of hydrogen-bond acceptors (Lipinski definition) is 3. The lowest BCUT2D eigenvalue weighted by molar-refractivity contribution is 0.294. The topological polar surface area (TPSA) is 46.3 Å². The van der Waals surface area contributed by atoms with Crippen molar-refractivity contribution in [2.75, 3.05) is 20.3 Å². The molecule has 0 unspecified atom stereocenters. The first-order valence-corrected chi connectivity index (χ1v) is 9.77. The fraction of sp³-hybridized carbons (Fsp3) is 0.333. The summed E-state index contributed by atoms with van der Waals surface area (Å²) in [4.78, 5) is 3.33. The average Bonchev–Trinajstić information content (AvgIpc) is 3.08. The standard InChI is InChI=1S/C21H25BrN2O2/c1-3-10-26-21-12-18(22)16(11-20(21)25-2)13-23-9-8-15-14-24-19-7-5-4-6-17(15)19/h4-7,11-12,14,23-24H,3,8-10,13H2,1-2H3. The molecule has 4 nitrogen and oxygen atoms in total. The minimum atomic E-state index is 0.686. The van der Waals surface area contributed by atoms with Crippen LogP contribution in [0.2, 0.25) is 0 Å². The van der Waals surface area contributed by atoms with Crippen molar-refractivity contribution in [3.8, 4) is 11.5 Å². The number of fused-ring (bicyclic) bond motifs is 1. The lowest BCUT2D eigenvalue weighted by atomic mass is 10.1. The average molecular weight is 417 g/mol. The largest absolute Gasteiger partial charge is 0.493 e. The van der Waals surface area contributed by atoms with Gasteiger partial charge in [0.15, 0.2) is 11.5 Å². The number of aromatic nitrogens is 1. The summed E-state index contributed by atoms with van der Waals surface area (Å²) in [6.45, 7) is 4.45. The van der Waals surface area contributed by atoms with Gasteiger partial charge in [-0.25, -0.2) is 0 Å². The van der Waals surface area contributed by atoms with E-state index in [2.05, 4.69) is 63.6 Å². The first kappa shape index (κ1) is 18.8. The van der Waals surface area contributed by atoms with Crippen molar-refractivity contribution >= 4 is 26.8 Å². The van der Waals surface area contributed by atoms with Crippen molar-refractivity contribution in [2.45, 2.75) is 26.3 Å². The maximum Gasteiger partial charge on any atom is 0.162 e.